The summed E-state index contributed by atoms with van der Waals surface area (Å²) in [6.07, 6.45) is -0.535. The summed E-state index contributed by atoms with van der Waals surface area (Å²) in [6, 6.07) is 9.93. The number of hydrogen-bond donors (Lipinski definition) is 1. The zero-order chi connectivity index (χ0) is 12.3. The van der Waals surface area contributed by atoms with Gasteiger partial charge in [-0.25, -0.2) is 0 Å². The van der Waals surface area contributed by atoms with Gasteiger partial charge in [0.15, 0.2) is 0 Å². The average Bonchev–Trinajstić information content (AvgIpc) is 2.75. The second-order valence-corrected chi connectivity index (χ2v) is 5.00. The second kappa shape index (κ2) is 5.45. The Balaban J connectivity index is 2.28. The molecule has 1 N–H and O–H groups in total. The lowest BCUT2D eigenvalue weighted by Gasteiger charge is -2.12. The van der Waals surface area contributed by atoms with E-state index in [1.165, 1.54) is 0 Å². The molecule has 17 heavy (non-hydrogen) atoms. The Kier molecular flexibility index (Phi) is 3.94. The zero-order valence-corrected chi connectivity index (χ0v) is 10.8. The van der Waals surface area contributed by atoms with Crippen molar-refractivity contribution in [2.75, 3.05) is 7.11 Å². The van der Waals surface area contributed by atoms with E-state index in [1.807, 2.05) is 42.6 Å². The third-order valence-electron chi connectivity index (χ3n) is 2.73. The van der Waals surface area contributed by atoms with Gasteiger partial charge in [0.05, 0.1) is 6.61 Å². The van der Waals surface area contributed by atoms with Gasteiger partial charge in [-0.3, -0.25) is 0 Å². The van der Waals surface area contributed by atoms with Crippen molar-refractivity contribution in [1.29, 1.82) is 0 Å². The first-order valence-corrected chi connectivity index (χ1v) is 6.40. The highest BCUT2D eigenvalue weighted by Gasteiger charge is 2.14. The maximum absolute atomic E-state index is 10.3. The Hall–Kier alpha value is -1.16. The molecule has 1 aromatic carbocycles. The first-order valence-electron chi connectivity index (χ1n) is 5.52. The van der Waals surface area contributed by atoms with Gasteiger partial charge >= 0.3 is 0 Å². The molecule has 2 rings (SSSR count). The Bertz CT molecular complexity index is 490. The van der Waals surface area contributed by atoms with Gasteiger partial charge in [-0.1, -0.05) is 24.3 Å². The molecule has 0 saturated heterocycles. The molecule has 0 radical (unpaired) electrons. The van der Waals surface area contributed by atoms with Crippen molar-refractivity contribution < 1.29 is 9.84 Å². The smallest absolute Gasteiger partial charge is 0.113 e. The molecule has 0 fully saturated rings. The van der Waals surface area contributed by atoms with Crippen LogP contribution in [-0.2, 0) is 11.3 Å². The quantitative estimate of drug-likeness (QED) is 0.899. The number of hydrogen-bond acceptors (Lipinski definition) is 3. The van der Waals surface area contributed by atoms with Crippen molar-refractivity contribution >= 4 is 11.3 Å². The maximum atomic E-state index is 10.3. The topological polar surface area (TPSA) is 29.5 Å². The zero-order valence-electron chi connectivity index (χ0n) is 10.0. The maximum Gasteiger partial charge on any atom is 0.113 e. The van der Waals surface area contributed by atoms with Gasteiger partial charge < -0.3 is 9.84 Å². The largest absolute Gasteiger partial charge is 0.383 e. The van der Waals surface area contributed by atoms with Gasteiger partial charge in [0.1, 0.15) is 6.10 Å². The van der Waals surface area contributed by atoms with E-state index in [1.54, 1.807) is 18.4 Å². The predicted molar refractivity (Wildman–Crippen MR) is 70.3 cm³/mol. The molecule has 1 unspecified atom stereocenters. The summed E-state index contributed by atoms with van der Waals surface area (Å²) in [6.45, 7) is 2.60. The van der Waals surface area contributed by atoms with Crippen molar-refractivity contribution in [2.24, 2.45) is 0 Å². The van der Waals surface area contributed by atoms with E-state index in [-0.39, 0.29) is 0 Å². The summed E-state index contributed by atoms with van der Waals surface area (Å²) in [7, 11) is 1.67. The number of rotatable bonds is 4. The van der Waals surface area contributed by atoms with Crippen molar-refractivity contribution in [3.8, 4) is 0 Å². The van der Waals surface area contributed by atoms with Crippen LogP contribution in [0.5, 0.6) is 0 Å². The summed E-state index contributed by atoms with van der Waals surface area (Å²) in [4.78, 5) is 1.01. The van der Waals surface area contributed by atoms with Crippen LogP contribution < -0.4 is 0 Å². The number of ether oxygens (including phenoxy) is 1. The van der Waals surface area contributed by atoms with Crippen LogP contribution in [0.4, 0.5) is 0 Å². The fourth-order valence-electron chi connectivity index (χ4n) is 1.84. The van der Waals surface area contributed by atoms with Gasteiger partial charge in [0.25, 0.3) is 0 Å². The highest BCUT2D eigenvalue weighted by atomic mass is 32.1. The highest BCUT2D eigenvalue weighted by molar-refractivity contribution is 7.10. The molecular formula is C14H16O2S. The molecule has 2 nitrogen and oxygen atoms in total. The summed E-state index contributed by atoms with van der Waals surface area (Å²) in [5.74, 6) is 0. The fourth-order valence-corrected chi connectivity index (χ4v) is 2.77. The molecule has 0 aliphatic carbocycles. The highest BCUT2D eigenvalue weighted by Crippen LogP contribution is 2.29. The van der Waals surface area contributed by atoms with E-state index in [2.05, 4.69) is 0 Å². The van der Waals surface area contributed by atoms with Gasteiger partial charge in [-0.15, -0.1) is 11.3 Å². The summed E-state index contributed by atoms with van der Waals surface area (Å²) < 4.78 is 5.10. The molecule has 0 aliphatic heterocycles. The summed E-state index contributed by atoms with van der Waals surface area (Å²) in [5, 5.41) is 12.3. The van der Waals surface area contributed by atoms with Crippen LogP contribution in [0.1, 0.15) is 27.7 Å². The number of thiophene rings is 1. The molecule has 0 saturated carbocycles. The SMILES string of the molecule is COCc1cccc(C(O)c2sccc2C)c1. The lowest BCUT2D eigenvalue weighted by atomic mass is 10.0. The predicted octanol–water partition coefficient (Wildman–Crippen LogP) is 3.28. The molecular weight excluding hydrogens is 232 g/mol. The Labute approximate surface area is 105 Å². The van der Waals surface area contributed by atoms with Crippen molar-refractivity contribution in [3.05, 3.63) is 57.3 Å². The number of aryl methyl sites for hydroxylation is 1. The number of methoxy groups -OCH3 is 1. The minimum Gasteiger partial charge on any atom is -0.383 e. The molecule has 1 atom stereocenters. The van der Waals surface area contributed by atoms with E-state index in [9.17, 15) is 5.11 Å². The van der Waals surface area contributed by atoms with Crippen LogP contribution in [0.15, 0.2) is 35.7 Å². The van der Waals surface area contributed by atoms with E-state index >= 15 is 0 Å². The van der Waals surface area contributed by atoms with Gasteiger partial charge in [-0.05, 0) is 35.1 Å². The fraction of sp³-hybridized carbons (Fsp3) is 0.286. The van der Waals surface area contributed by atoms with Crippen LogP contribution in [0.3, 0.4) is 0 Å². The molecule has 2 aromatic rings. The number of benzene rings is 1. The van der Waals surface area contributed by atoms with Gasteiger partial charge in [-0.2, -0.15) is 0 Å². The summed E-state index contributed by atoms with van der Waals surface area (Å²) in [5.41, 5.74) is 3.14. The Morgan fingerprint density at radius 2 is 2.18 bits per heavy atom. The average molecular weight is 248 g/mol. The second-order valence-electron chi connectivity index (χ2n) is 4.05. The monoisotopic (exact) mass is 248 g/mol. The molecule has 1 heterocycles. The standard InChI is InChI=1S/C14H16O2S/c1-10-6-7-17-14(10)13(15)12-5-3-4-11(8-12)9-16-2/h3-8,13,15H,9H2,1-2H3. The third kappa shape index (κ3) is 2.75. The first-order chi connectivity index (χ1) is 8.22. The Morgan fingerprint density at radius 3 is 2.82 bits per heavy atom. The third-order valence-corrected chi connectivity index (χ3v) is 3.80. The minimum absolute atomic E-state index is 0.535. The normalized spacial score (nSPS) is 12.6. The van der Waals surface area contributed by atoms with E-state index in [0.717, 1.165) is 21.6 Å². The van der Waals surface area contributed by atoms with Crippen LogP contribution in [0.2, 0.25) is 0 Å². The van der Waals surface area contributed by atoms with E-state index in [4.69, 9.17) is 4.74 Å². The van der Waals surface area contributed by atoms with Crippen LogP contribution in [0.25, 0.3) is 0 Å². The van der Waals surface area contributed by atoms with E-state index in [0.29, 0.717) is 6.61 Å². The van der Waals surface area contributed by atoms with Crippen LogP contribution in [-0.4, -0.2) is 12.2 Å². The Morgan fingerprint density at radius 1 is 1.35 bits per heavy atom. The minimum atomic E-state index is -0.535. The summed E-state index contributed by atoms with van der Waals surface area (Å²) >= 11 is 1.59. The van der Waals surface area contributed by atoms with Crippen molar-refractivity contribution in [2.45, 2.75) is 19.6 Å². The number of aliphatic hydroxyl groups is 1. The number of aliphatic hydroxyl groups excluding tert-OH is 1. The van der Waals surface area contributed by atoms with Crippen LogP contribution >= 0.6 is 11.3 Å². The van der Waals surface area contributed by atoms with Crippen LogP contribution in [0, 0.1) is 6.92 Å². The molecule has 1 aromatic heterocycles. The lowest BCUT2D eigenvalue weighted by molar-refractivity contribution is 0.184. The molecule has 0 bridgehead atoms. The molecule has 0 aliphatic rings. The van der Waals surface area contributed by atoms with Gasteiger partial charge in [0, 0.05) is 12.0 Å². The molecule has 0 spiro atoms. The molecule has 90 valence electrons. The van der Waals surface area contributed by atoms with Crippen molar-refractivity contribution in [3.63, 3.8) is 0 Å². The van der Waals surface area contributed by atoms with E-state index < -0.39 is 6.10 Å². The van der Waals surface area contributed by atoms with Gasteiger partial charge in [0.2, 0.25) is 0 Å². The van der Waals surface area contributed by atoms with Crippen molar-refractivity contribution in [1.82, 2.24) is 0 Å². The first kappa shape index (κ1) is 12.3. The molecule has 0 amide bonds. The molecule has 3 heteroatoms. The lowest BCUT2D eigenvalue weighted by Crippen LogP contribution is -2.00.